The quantitative estimate of drug-likeness (QED) is 0.732. The lowest BCUT2D eigenvalue weighted by Gasteiger charge is -2.32. The van der Waals surface area contributed by atoms with Gasteiger partial charge in [0, 0.05) is 19.2 Å². The smallest absolute Gasteiger partial charge is 0.406 e. The zero-order valence-electron chi connectivity index (χ0n) is 13.8. The van der Waals surface area contributed by atoms with Crippen LogP contribution in [0.25, 0.3) is 0 Å². The third kappa shape index (κ3) is 6.11. The first-order valence-corrected chi connectivity index (χ1v) is 7.61. The lowest BCUT2D eigenvalue weighted by molar-refractivity contribution is -0.274. The molecule has 25 heavy (non-hydrogen) atoms. The van der Waals surface area contributed by atoms with Crippen LogP contribution in [0.2, 0.25) is 0 Å². The van der Waals surface area contributed by atoms with E-state index in [1.165, 1.54) is 30.5 Å². The van der Waals surface area contributed by atoms with E-state index in [1.807, 2.05) is 6.92 Å². The summed E-state index contributed by atoms with van der Waals surface area (Å²) in [5.74, 6) is 0.0593. The fourth-order valence-electron chi connectivity index (χ4n) is 2.09. The number of alkyl halides is 3. The molecule has 0 saturated heterocycles. The van der Waals surface area contributed by atoms with Gasteiger partial charge in [0.2, 0.25) is 5.91 Å². The fraction of sp³-hybridized carbons (Fsp3) is 0.375. The van der Waals surface area contributed by atoms with Gasteiger partial charge < -0.3 is 15.4 Å². The lowest BCUT2D eigenvalue weighted by atomic mass is 10.1. The van der Waals surface area contributed by atoms with E-state index in [4.69, 9.17) is 0 Å². The first-order valence-electron chi connectivity index (χ1n) is 7.61. The second-order valence-corrected chi connectivity index (χ2v) is 5.60. The molecule has 1 aromatic carbocycles. The number of benzene rings is 1. The number of rotatable bonds is 6. The molecule has 3 N–H and O–H groups in total. The van der Waals surface area contributed by atoms with Crippen molar-refractivity contribution in [2.24, 2.45) is 4.99 Å². The summed E-state index contributed by atoms with van der Waals surface area (Å²) in [7, 11) is 0. The number of hydrogen-bond acceptors (Lipinski definition) is 5. The van der Waals surface area contributed by atoms with E-state index >= 15 is 0 Å². The number of amides is 1. The molecule has 136 valence electrons. The van der Waals surface area contributed by atoms with Gasteiger partial charge in [0.05, 0.1) is 6.20 Å². The van der Waals surface area contributed by atoms with Crippen molar-refractivity contribution in [3.05, 3.63) is 41.8 Å². The standard InChI is InChI=1S/C16H19F3N4O2/c1-3-14(24)22-13-9-20-10-15(2,23-13)21-8-11-4-6-12(7-5-11)25-16(17,18)19/h4-7,9-10,21,23H,3,8H2,1-2H3,(H,22,24). The molecule has 0 fully saturated rings. The van der Waals surface area contributed by atoms with Gasteiger partial charge in [-0.05, 0) is 24.6 Å². The highest BCUT2D eigenvalue weighted by Gasteiger charge is 2.31. The average molecular weight is 356 g/mol. The maximum atomic E-state index is 12.1. The van der Waals surface area contributed by atoms with Crippen LogP contribution in [0.5, 0.6) is 5.75 Å². The summed E-state index contributed by atoms with van der Waals surface area (Å²) >= 11 is 0. The zero-order chi connectivity index (χ0) is 18.5. The Hall–Kier alpha value is -2.55. The molecular weight excluding hydrogens is 337 g/mol. The summed E-state index contributed by atoms with van der Waals surface area (Å²) in [5, 5.41) is 8.98. The van der Waals surface area contributed by atoms with Crippen LogP contribution in [0, 0.1) is 0 Å². The number of ether oxygens (including phenoxy) is 1. The molecule has 0 aliphatic carbocycles. The molecule has 1 amide bonds. The number of carbonyl (C=O) groups is 1. The Labute approximate surface area is 143 Å². The molecule has 0 spiro atoms. The molecule has 0 saturated carbocycles. The van der Waals surface area contributed by atoms with E-state index in [9.17, 15) is 18.0 Å². The monoisotopic (exact) mass is 356 g/mol. The van der Waals surface area contributed by atoms with Gasteiger partial charge >= 0.3 is 6.36 Å². The summed E-state index contributed by atoms with van der Waals surface area (Å²) in [6, 6.07) is 5.57. The van der Waals surface area contributed by atoms with E-state index in [0.29, 0.717) is 18.8 Å². The summed E-state index contributed by atoms with van der Waals surface area (Å²) in [6.07, 6.45) is -1.23. The maximum absolute atomic E-state index is 12.1. The highest BCUT2D eigenvalue weighted by Crippen LogP contribution is 2.22. The fourth-order valence-corrected chi connectivity index (χ4v) is 2.09. The van der Waals surface area contributed by atoms with Crippen LogP contribution >= 0.6 is 0 Å². The Balaban J connectivity index is 1.91. The van der Waals surface area contributed by atoms with Crippen LogP contribution in [0.3, 0.4) is 0 Å². The molecule has 1 aliphatic rings. The van der Waals surface area contributed by atoms with Gasteiger partial charge in [-0.3, -0.25) is 15.1 Å². The van der Waals surface area contributed by atoms with Crippen LogP contribution < -0.4 is 20.7 Å². The molecule has 1 aromatic rings. The Morgan fingerprint density at radius 2 is 2.00 bits per heavy atom. The van der Waals surface area contributed by atoms with E-state index in [-0.39, 0.29) is 11.7 Å². The largest absolute Gasteiger partial charge is 0.573 e. The van der Waals surface area contributed by atoms with Crippen LogP contribution in [0.4, 0.5) is 13.2 Å². The van der Waals surface area contributed by atoms with Crippen molar-refractivity contribution in [3.63, 3.8) is 0 Å². The summed E-state index contributed by atoms with van der Waals surface area (Å²) in [4.78, 5) is 15.5. The third-order valence-corrected chi connectivity index (χ3v) is 3.34. The second kappa shape index (κ2) is 7.56. The molecule has 1 unspecified atom stereocenters. The number of hydrogen-bond donors (Lipinski definition) is 3. The number of nitrogens with zero attached hydrogens (tertiary/aromatic N) is 1. The van der Waals surface area contributed by atoms with Crippen LogP contribution in [0.1, 0.15) is 25.8 Å². The van der Waals surface area contributed by atoms with Crippen molar-refractivity contribution < 1.29 is 22.7 Å². The minimum absolute atomic E-state index is 0.140. The van der Waals surface area contributed by atoms with Gasteiger partial charge in [0.15, 0.2) is 0 Å². The van der Waals surface area contributed by atoms with E-state index < -0.39 is 12.0 Å². The molecule has 6 nitrogen and oxygen atoms in total. The van der Waals surface area contributed by atoms with E-state index in [1.54, 1.807) is 13.1 Å². The SMILES string of the molecule is CCC(=O)NC1=CN=CC(C)(NCc2ccc(OC(F)(F)F)cc2)N1. The highest BCUT2D eigenvalue weighted by molar-refractivity contribution is 5.78. The number of nitrogens with one attached hydrogen (secondary N) is 3. The Bertz CT molecular complexity index is 671. The van der Waals surface area contributed by atoms with Gasteiger partial charge in [0.1, 0.15) is 17.2 Å². The lowest BCUT2D eigenvalue weighted by Crippen LogP contribution is -2.58. The second-order valence-electron chi connectivity index (χ2n) is 5.60. The molecule has 1 aliphatic heterocycles. The first-order chi connectivity index (χ1) is 11.7. The van der Waals surface area contributed by atoms with Crippen molar-refractivity contribution in [1.82, 2.24) is 16.0 Å². The normalized spacial score (nSPS) is 19.8. The molecule has 2 rings (SSSR count). The van der Waals surface area contributed by atoms with Crippen molar-refractivity contribution in [2.75, 3.05) is 0 Å². The molecular formula is C16H19F3N4O2. The maximum Gasteiger partial charge on any atom is 0.573 e. The molecule has 0 bridgehead atoms. The predicted octanol–water partition coefficient (Wildman–Crippen LogP) is 2.39. The van der Waals surface area contributed by atoms with Gasteiger partial charge in [-0.15, -0.1) is 13.2 Å². The number of halogens is 3. The van der Waals surface area contributed by atoms with Crippen LogP contribution in [0.15, 0.2) is 41.3 Å². The number of carbonyl (C=O) groups excluding carboxylic acids is 1. The van der Waals surface area contributed by atoms with Crippen LogP contribution in [-0.2, 0) is 11.3 Å². The zero-order valence-corrected chi connectivity index (χ0v) is 13.8. The summed E-state index contributed by atoms with van der Waals surface area (Å²) in [5.41, 5.74) is 0.0475. The molecule has 1 atom stereocenters. The molecule has 9 heteroatoms. The first kappa shape index (κ1) is 18.8. The number of aliphatic imine (C=N–C) groups is 1. The van der Waals surface area contributed by atoms with Crippen molar-refractivity contribution >= 4 is 12.1 Å². The highest BCUT2D eigenvalue weighted by atomic mass is 19.4. The van der Waals surface area contributed by atoms with Gasteiger partial charge in [-0.25, -0.2) is 0 Å². The summed E-state index contributed by atoms with van der Waals surface area (Å²) in [6.45, 7) is 3.94. The minimum Gasteiger partial charge on any atom is -0.406 e. The van der Waals surface area contributed by atoms with Gasteiger partial charge in [-0.1, -0.05) is 19.1 Å². The van der Waals surface area contributed by atoms with E-state index in [0.717, 1.165) is 5.56 Å². The van der Waals surface area contributed by atoms with Crippen molar-refractivity contribution in [2.45, 2.75) is 38.8 Å². The van der Waals surface area contributed by atoms with Crippen molar-refractivity contribution in [3.8, 4) is 5.75 Å². The van der Waals surface area contributed by atoms with Gasteiger partial charge in [-0.2, -0.15) is 0 Å². The van der Waals surface area contributed by atoms with Crippen molar-refractivity contribution in [1.29, 1.82) is 0 Å². The topological polar surface area (TPSA) is 74.8 Å². The predicted molar refractivity (Wildman–Crippen MR) is 86.5 cm³/mol. The third-order valence-electron chi connectivity index (χ3n) is 3.34. The van der Waals surface area contributed by atoms with E-state index in [2.05, 4.69) is 25.7 Å². The molecule has 1 heterocycles. The van der Waals surface area contributed by atoms with Crippen LogP contribution in [-0.4, -0.2) is 24.1 Å². The Kier molecular flexibility index (Phi) is 5.68. The Morgan fingerprint density at radius 3 is 2.60 bits per heavy atom. The van der Waals surface area contributed by atoms with Gasteiger partial charge in [0.25, 0.3) is 0 Å². The summed E-state index contributed by atoms with van der Waals surface area (Å²) < 4.78 is 40.3. The minimum atomic E-state index is -4.71. The molecule has 0 aromatic heterocycles. The molecule has 0 radical (unpaired) electrons. The Morgan fingerprint density at radius 1 is 1.32 bits per heavy atom. The average Bonchev–Trinajstić information content (AvgIpc) is 2.53.